The van der Waals surface area contributed by atoms with Gasteiger partial charge in [0.15, 0.2) is 11.5 Å². The lowest BCUT2D eigenvalue weighted by Gasteiger charge is -2.24. The Kier molecular flexibility index (Phi) is 9.48. The minimum atomic E-state index is -3.53. The molecule has 2 amide bonds. The average molecular weight is 828 g/mol. The van der Waals surface area contributed by atoms with Crippen molar-refractivity contribution in [3.63, 3.8) is 0 Å². The van der Waals surface area contributed by atoms with Crippen LogP contribution in [0.5, 0.6) is 5.88 Å². The van der Waals surface area contributed by atoms with E-state index in [9.17, 15) is 31.9 Å². The largest absolute Gasteiger partial charge is 0.475 e. The van der Waals surface area contributed by atoms with Gasteiger partial charge in [0.25, 0.3) is 17.9 Å². The first kappa shape index (κ1) is 38.9. The Bertz CT molecular complexity index is 2730. The van der Waals surface area contributed by atoms with Gasteiger partial charge in [-0.05, 0) is 62.1 Å². The van der Waals surface area contributed by atoms with Crippen LogP contribution in [0, 0.1) is 17.6 Å². The Hall–Kier alpha value is -5.98. The molecule has 0 bridgehead atoms. The summed E-state index contributed by atoms with van der Waals surface area (Å²) in [4.78, 5) is 50.0. The van der Waals surface area contributed by atoms with Gasteiger partial charge in [0, 0.05) is 44.0 Å². The maximum atomic E-state index is 15.4. The summed E-state index contributed by atoms with van der Waals surface area (Å²) < 4.78 is 97.0. The predicted molar refractivity (Wildman–Crippen MR) is 197 cm³/mol. The summed E-state index contributed by atoms with van der Waals surface area (Å²) in [5.74, 6) is -9.09. The molecule has 2 aliphatic carbocycles. The summed E-state index contributed by atoms with van der Waals surface area (Å²) in [6, 6.07) is 6.88. The van der Waals surface area contributed by atoms with Crippen LogP contribution in [0.25, 0.3) is 27.6 Å². The first-order valence-corrected chi connectivity index (χ1v) is 18.4. The molecule has 2 N–H and O–H groups in total. The minimum Gasteiger partial charge on any atom is -0.475 e. The lowest BCUT2D eigenvalue weighted by atomic mass is 10.0. The molecule has 0 unspecified atom stereocenters. The summed E-state index contributed by atoms with van der Waals surface area (Å²) in [6.07, 6.45) is -3.96. The zero-order valence-electron chi connectivity index (χ0n) is 31.0. The molecule has 1 saturated carbocycles. The van der Waals surface area contributed by atoms with Crippen LogP contribution in [0.1, 0.15) is 73.9 Å². The molecule has 0 aliphatic heterocycles. The molecule has 20 heteroatoms. The Morgan fingerprint density at radius 3 is 2.45 bits per heavy atom. The number of rotatable bonds is 11. The van der Waals surface area contributed by atoms with Crippen LogP contribution < -0.4 is 20.9 Å². The van der Waals surface area contributed by atoms with Gasteiger partial charge in [-0.25, -0.2) is 22.5 Å². The van der Waals surface area contributed by atoms with E-state index >= 15 is 8.78 Å². The van der Waals surface area contributed by atoms with Gasteiger partial charge in [-0.1, -0.05) is 11.6 Å². The molecule has 2 aliphatic rings. The van der Waals surface area contributed by atoms with Crippen LogP contribution in [-0.4, -0.2) is 52.0 Å². The van der Waals surface area contributed by atoms with Crippen LogP contribution >= 0.6 is 11.6 Å². The van der Waals surface area contributed by atoms with Crippen LogP contribution in [0.2, 0.25) is 5.02 Å². The number of nitrogens with zero attached hydrogens (tertiary/aromatic N) is 7. The van der Waals surface area contributed by atoms with Crippen LogP contribution in [0.3, 0.4) is 0 Å². The summed E-state index contributed by atoms with van der Waals surface area (Å²) in [6.45, 7) is 3.79. The molecule has 6 aromatic rings. The molecule has 0 spiro atoms. The number of aromatic nitrogens is 7. The fourth-order valence-electron chi connectivity index (χ4n) is 7.76. The molecular weight excluding hydrogens is 796 g/mol. The maximum absolute atomic E-state index is 15.4. The zero-order valence-corrected chi connectivity index (χ0v) is 31.7. The summed E-state index contributed by atoms with van der Waals surface area (Å²) >= 11 is 6.62. The molecule has 13 nitrogen and oxygen atoms in total. The van der Waals surface area contributed by atoms with E-state index in [4.69, 9.17) is 21.3 Å². The van der Waals surface area contributed by atoms with Crippen molar-refractivity contribution in [1.29, 1.82) is 0 Å². The van der Waals surface area contributed by atoms with E-state index in [-0.39, 0.29) is 73.8 Å². The number of pyridine rings is 1. The molecule has 4 heterocycles. The summed E-state index contributed by atoms with van der Waals surface area (Å²) in [5, 5.41) is 13.7. The number of ether oxygens (including phenoxy) is 1. The van der Waals surface area contributed by atoms with Gasteiger partial charge < -0.3 is 15.4 Å². The van der Waals surface area contributed by atoms with Crippen molar-refractivity contribution in [2.45, 2.75) is 70.6 Å². The average Bonchev–Trinajstić information content (AvgIpc) is 3.66. The minimum absolute atomic E-state index is 0.00787. The molecule has 0 radical (unpaired) electrons. The van der Waals surface area contributed by atoms with Crippen molar-refractivity contribution in [1.82, 2.24) is 39.4 Å². The number of halogens is 7. The normalized spacial score (nSPS) is 17.2. The van der Waals surface area contributed by atoms with Gasteiger partial charge in [0.05, 0.1) is 39.1 Å². The summed E-state index contributed by atoms with van der Waals surface area (Å²) in [7, 11) is 1.52. The van der Waals surface area contributed by atoms with Crippen LogP contribution in [0.4, 0.5) is 32.2 Å². The fraction of sp³-hybridized carbons (Fsp3) is 0.342. The number of alkyl halides is 4. The molecule has 1 fully saturated rings. The second-order valence-electron chi connectivity index (χ2n) is 14.5. The van der Waals surface area contributed by atoms with Gasteiger partial charge in [-0.3, -0.25) is 28.3 Å². The number of aryl methyl sites for hydroxylation is 1. The van der Waals surface area contributed by atoms with Crippen molar-refractivity contribution >= 4 is 51.2 Å². The first-order chi connectivity index (χ1) is 27.4. The SMILES string of the molecule is CC(=O)Nc1nn(C)c2c(-n3c([C@H](Cc4cc(F)cc(F)c4)NC(=O)Cn4nc(C(F)F)c5c4C(F)(F)[C@@H]4C[C@H]54)nc4nc(OC(C)C)ccc4c3=O)ccc(Cl)c12. The number of fused-ring (bicyclic) bond motifs is 5. The van der Waals surface area contributed by atoms with Crippen molar-refractivity contribution in [2.75, 3.05) is 5.32 Å². The quantitative estimate of drug-likeness (QED) is 0.136. The zero-order chi connectivity index (χ0) is 41.5. The molecule has 58 heavy (non-hydrogen) atoms. The van der Waals surface area contributed by atoms with E-state index in [0.29, 0.717) is 10.7 Å². The maximum Gasteiger partial charge on any atom is 0.293 e. The van der Waals surface area contributed by atoms with E-state index in [1.165, 1.54) is 42.9 Å². The Morgan fingerprint density at radius 2 is 1.78 bits per heavy atom. The fourth-order valence-corrected chi connectivity index (χ4v) is 8.00. The molecule has 2 aromatic carbocycles. The highest BCUT2D eigenvalue weighted by molar-refractivity contribution is 6.37. The van der Waals surface area contributed by atoms with Gasteiger partial charge >= 0.3 is 0 Å². The van der Waals surface area contributed by atoms with Crippen molar-refractivity contribution in [3.8, 4) is 11.6 Å². The molecule has 3 atom stereocenters. The number of carbonyl (C=O) groups is 2. The van der Waals surface area contributed by atoms with E-state index < -0.39 is 83.6 Å². The number of carbonyl (C=O) groups excluding carboxylic acids is 2. The predicted octanol–water partition coefficient (Wildman–Crippen LogP) is 6.79. The Morgan fingerprint density at radius 1 is 1.05 bits per heavy atom. The number of benzene rings is 2. The number of hydrogen-bond acceptors (Lipinski definition) is 8. The smallest absolute Gasteiger partial charge is 0.293 e. The van der Waals surface area contributed by atoms with E-state index in [1.54, 1.807) is 13.8 Å². The lowest BCUT2D eigenvalue weighted by Crippen LogP contribution is -2.38. The number of amides is 2. The van der Waals surface area contributed by atoms with Gasteiger partial charge in [-0.2, -0.15) is 24.0 Å². The second-order valence-corrected chi connectivity index (χ2v) is 14.9. The number of hydrogen-bond donors (Lipinski definition) is 2. The molecule has 302 valence electrons. The first-order valence-electron chi connectivity index (χ1n) is 18.0. The number of nitrogens with one attached hydrogen (secondary N) is 2. The van der Waals surface area contributed by atoms with Crippen LogP contribution in [0.15, 0.2) is 47.3 Å². The Balaban J connectivity index is 1.33. The van der Waals surface area contributed by atoms with Crippen molar-refractivity contribution in [2.24, 2.45) is 13.0 Å². The standard InChI is InChI=1S/C38H32ClF6N9O4/c1-15(2)58-27-8-5-20-34(48-27)49-36(54(37(20)57)25-7-6-23(39)29-31(25)52(4)51-35(29)46-16(3)55)24(11-17-9-18(40)12-19(41)10-17)47-26(56)14-53-32-28(30(50-53)33(42)43)21-13-22(21)38(32,44)45/h5-10,12,15,21-22,24,33H,11,13-14H2,1-4H3,(H,47,56)(H,46,51,55)/t21-,22+,24-/m0/s1. The number of anilines is 1. The van der Waals surface area contributed by atoms with Crippen molar-refractivity contribution < 1.29 is 40.7 Å². The highest BCUT2D eigenvalue weighted by Gasteiger charge is 2.67. The molecule has 8 rings (SSSR count). The molecule has 4 aromatic heterocycles. The Labute approximate surface area is 329 Å². The third-order valence-electron chi connectivity index (χ3n) is 10.0. The van der Waals surface area contributed by atoms with Gasteiger partial charge in [-0.15, -0.1) is 0 Å². The van der Waals surface area contributed by atoms with Gasteiger partial charge in [0.1, 0.15) is 35.4 Å². The summed E-state index contributed by atoms with van der Waals surface area (Å²) in [5.41, 5.74) is -2.52. The molecular formula is C38H32ClF6N9O4. The molecule has 0 saturated heterocycles. The van der Waals surface area contributed by atoms with Crippen LogP contribution in [-0.2, 0) is 35.5 Å². The monoisotopic (exact) mass is 827 g/mol. The van der Waals surface area contributed by atoms with Crippen molar-refractivity contribution in [3.05, 3.63) is 97.8 Å². The third kappa shape index (κ3) is 6.69. The van der Waals surface area contributed by atoms with E-state index in [1.807, 2.05) is 0 Å². The van der Waals surface area contributed by atoms with E-state index in [0.717, 1.165) is 16.7 Å². The van der Waals surface area contributed by atoms with Gasteiger partial charge in [0.2, 0.25) is 17.7 Å². The highest BCUT2D eigenvalue weighted by atomic mass is 35.5. The third-order valence-corrected chi connectivity index (χ3v) is 10.3. The second kappa shape index (κ2) is 14.1. The lowest BCUT2D eigenvalue weighted by molar-refractivity contribution is -0.123. The van der Waals surface area contributed by atoms with E-state index in [2.05, 4.69) is 25.8 Å². The topological polar surface area (TPSA) is 151 Å². The highest BCUT2D eigenvalue weighted by Crippen LogP contribution is 2.68.